The molecule has 7 heteroatoms. The molecule has 3 N–H and O–H groups in total. The summed E-state index contributed by atoms with van der Waals surface area (Å²) in [7, 11) is 0. The van der Waals surface area contributed by atoms with Gasteiger partial charge in [-0.1, -0.05) is 6.07 Å². The first kappa shape index (κ1) is 18.8. The molecule has 0 saturated heterocycles. The second-order valence-electron chi connectivity index (χ2n) is 9.15. The molecule has 0 radical (unpaired) electrons. The van der Waals surface area contributed by atoms with Crippen molar-refractivity contribution in [3.63, 3.8) is 0 Å². The molecule has 3 aromatic rings. The van der Waals surface area contributed by atoms with Gasteiger partial charge in [-0.15, -0.1) is 0 Å². The SMILES string of the molecule is C[C@@H](c1ccc(C2CC2)cn1)N(C(=O)c1cc2nc(N)c3c(c2[nH]1)COC3)C1CCC1. The number of ether oxygens (including phenoxy) is 1. The van der Waals surface area contributed by atoms with Crippen molar-refractivity contribution in [2.45, 2.75) is 70.2 Å². The van der Waals surface area contributed by atoms with Gasteiger partial charge in [-0.2, -0.15) is 0 Å². The lowest BCUT2D eigenvalue weighted by Crippen LogP contribution is -2.46. The van der Waals surface area contributed by atoms with Crippen molar-refractivity contribution in [3.05, 3.63) is 52.5 Å². The van der Waals surface area contributed by atoms with Crippen molar-refractivity contribution >= 4 is 22.8 Å². The van der Waals surface area contributed by atoms with E-state index in [0.717, 1.165) is 47.1 Å². The van der Waals surface area contributed by atoms with Crippen LogP contribution >= 0.6 is 0 Å². The highest BCUT2D eigenvalue weighted by molar-refractivity contribution is 5.98. The Morgan fingerprint density at radius 1 is 1.23 bits per heavy atom. The lowest BCUT2D eigenvalue weighted by molar-refractivity contribution is 0.0450. The van der Waals surface area contributed by atoms with Crippen molar-refractivity contribution < 1.29 is 9.53 Å². The fourth-order valence-electron chi connectivity index (χ4n) is 4.88. The monoisotopic (exact) mass is 417 g/mol. The Hall–Kier alpha value is -2.93. The zero-order chi connectivity index (χ0) is 21.1. The third kappa shape index (κ3) is 3.10. The number of amides is 1. The molecule has 3 aliphatic rings. The molecule has 2 saturated carbocycles. The standard InChI is InChI=1S/C24H27N5O2/c1-13(19-8-7-15(10-26-19)14-5-6-14)29(16-3-2-4-16)24(30)21-9-20-22(27-21)17-11-31-12-18(17)23(25)28-20/h7-10,13-14,16,27H,2-6,11-12H2,1H3,(H2,25,28)/t13-/m0/s1. The molecule has 4 heterocycles. The van der Waals surface area contributed by atoms with E-state index in [1.807, 2.05) is 17.2 Å². The highest BCUT2D eigenvalue weighted by Crippen LogP contribution is 2.40. The van der Waals surface area contributed by atoms with E-state index in [9.17, 15) is 4.79 Å². The van der Waals surface area contributed by atoms with E-state index in [1.165, 1.54) is 18.4 Å². The number of nitrogens with zero attached hydrogens (tertiary/aromatic N) is 3. The molecule has 0 bridgehead atoms. The molecular weight excluding hydrogens is 390 g/mol. The molecule has 1 amide bonds. The van der Waals surface area contributed by atoms with Crippen molar-refractivity contribution in [1.29, 1.82) is 0 Å². The molecule has 0 aromatic carbocycles. The van der Waals surface area contributed by atoms with Gasteiger partial charge < -0.3 is 20.4 Å². The molecule has 31 heavy (non-hydrogen) atoms. The van der Waals surface area contributed by atoms with Crippen LogP contribution in [0.15, 0.2) is 24.4 Å². The maximum Gasteiger partial charge on any atom is 0.271 e. The van der Waals surface area contributed by atoms with Gasteiger partial charge in [0.05, 0.1) is 36.0 Å². The summed E-state index contributed by atoms with van der Waals surface area (Å²) in [5.74, 6) is 1.16. The van der Waals surface area contributed by atoms with Gasteiger partial charge in [-0.05, 0) is 62.6 Å². The lowest BCUT2D eigenvalue weighted by atomic mass is 9.89. The van der Waals surface area contributed by atoms with Crippen molar-refractivity contribution in [2.24, 2.45) is 0 Å². The number of carbonyl (C=O) groups excluding carboxylic acids is 1. The predicted molar refractivity (Wildman–Crippen MR) is 117 cm³/mol. The zero-order valence-corrected chi connectivity index (χ0v) is 17.7. The van der Waals surface area contributed by atoms with E-state index in [1.54, 1.807) is 0 Å². The molecule has 0 spiro atoms. The average molecular weight is 418 g/mol. The van der Waals surface area contributed by atoms with Gasteiger partial charge in [0.15, 0.2) is 0 Å². The van der Waals surface area contributed by atoms with Crippen molar-refractivity contribution in [3.8, 4) is 0 Å². The maximum absolute atomic E-state index is 13.7. The second kappa shape index (κ2) is 7.05. The van der Waals surface area contributed by atoms with Crippen LogP contribution in [0.25, 0.3) is 11.0 Å². The Morgan fingerprint density at radius 2 is 2.03 bits per heavy atom. The molecule has 1 aliphatic heterocycles. The largest absolute Gasteiger partial charge is 0.383 e. The highest BCUT2D eigenvalue weighted by atomic mass is 16.5. The number of hydrogen-bond acceptors (Lipinski definition) is 5. The van der Waals surface area contributed by atoms with Crippen LogP contribution in [0, 0.1) is 0 Å². The van der Waals surface area contributed by atoms with Crippen LogP contribution in [0.2, 0.25) is 0 Å². The van der Waals surface area contributed by atoms with E-state index < -0.39 is 0 Å². The van der Waals surface area contributed by atoms with Gasteiger partial charge in [0.25, 0.3) is 5.91 Å². The Labute approximate surface area is 181 Å². The smallest absolute Gasteiger partial charge is 0.271 e. The van der Waals surface area contributed by atoms with Crippen LogP contribution in [0.3, 0.4) is 0 Å². The molecule has 0 unspecified atom stereocenters. The van der Waals surface area contributed by atoms with E-state index in [4.69, 9.17) is 15.5 Å². The molecule has 6 rings (SSSR count). The Kier molecular flexibility index (Phi) is 4.28. The highest BCUT2D eigenvalue weighted by Gasteiger charge is 2.35. The lowest BCUT2D eigenvalue weighted by Gasteiger charge is -2.41. The number of aromatic amines is 1. The van der Waals surface area contributed by atoms with E-state index in [0.29, 0.717) is 30.6 Å². The summed E-state index contributed by atoms with van der Waals surface area (Å²) in [6.45, 7) is 3.05. The van der Waals surface area contributed by atoms with Gasteiger partial charge in [0.2, 0.25) is 0 Å². The fourth-order valence-corrected chi connectivity index (χ4v) is 4.88. The van der Waals surface area contributed by atoms with Gasteiger partial charge in [-0.3, -0.25) is 9.78 Å². The number of nitrogens with one attached hydrogen (secondary N) is 1. The number of nitrogens with two attached hydrogens (primary N) is 1. The third-order valence-electron chi connectivity index (χ3n) is 7.14. The van der Waals surface area contributed by atoms with E-state index in [2.05, 4.69) is 29.0 Å². The molecule has 3 aromatic heterocycles. The van der Waals surface area contributed by atoms with Crippen LogP contribution in [0.1, 0.15) is 83.9 Å². The number of pyridine rings is 2. The van der Waals surface area contributed by atoms with Crippen molar-refractivity contribution in [1.82, 2.24) is 19.9 Å². The first-order chi connectivity index (χ1) is 15.1. The fraction of sp³-hybridized carbons (Fsp3) is 0.458. The van der Waals surface area contributed by atoms with Crippen LogP contribution in [-0.2, 0) is 18.0 Å². The number of carbonyl (C=O) groups is 1. The number of rotatable bonds is 5. The number of aromatic nitrogens is 3. The van der Waals surface area contributed by atoms with Crippen LogP contribution in [0.5, 0.6) is 0 Å². The summed E-state index contributed by atoms with van der Waals surface area (Å²) in [6, 6.07) is 6.25. The molecule has 1 atom stereocenters. The minimum absolute atomic E-state index is 0.00509. The molecule has 2 fully saturated rings. The normalized spacial score (nSPS) is 19.3. The Morgan fingerprint density at radius 3 is 2.71 bits per heavy atom. The quantitative estimate of drug-likeness (QED) is 0.648. The van der Waals surface area contributed by atoms with Gasteiger partial charge >= 0.3 is 0 Å². The summed E-state index contributed by atoms with van der Waals surface area (Å²) in [6.07, 6.45) is 7.74. The van der Waals surface area contributed by atoms with Gasteiger partial charge in [0, 0.05) is 23.4 Å². The van der Waals surface area contributed by atoms with E-state index in [-0.39, 0.29) is 18.0 Å². The second-order valence-corrected chi connectivity index (χ2v) is 9.15. The summed E-state index contributed by atoms with van der Waals surface area (Å²) in [4.78, 5) is 28.3. The Balaban J connectivity index is 1.34. The summed E-state index contributed by atoms with van der Waals surface area (Å²) < 4.78 is 5.57. The molecule has 7 nitrogen and oxygen atoms in total. The van der Waals surface area contributed by atoms with E-state index >= 15 is 0 Å². The minimum Gasteiger partial charge on any atom is -0.383 e. The third-order valence-corrected chi connectivity index (χ3v) is 7.14. The zero-order valence-electron chi connectivity index (χ0n) is 17.7. The summed E-state index contributed by atoms with van der Waals surface area (Å²) >= 11 is 0. The van der Waals surface area contributed by atoms with Crippen molar-refractivity contribution in [2.75, 3.05) is 5.73 Å². The summed E-state index contributed by atoms with van der Waals surface area (Å²) in [5, 5.41) is 0. The number of hydrogen-bond donors (Lipinski definition) is 2. The average Bonchev–Trinajstić information content (AvgIpc) is 3.30. The molecule has 2 aliphatic carbocycles. The first-order valence-electron chi connectivity index (χ1n) is 11.3. The first-order valence-corrected chi connectivity index (χ1v) is 11.3. The Bertz CT molecular complexity index is 1160. The van der Waals surface area contributed by atoms with Crippen LogP contribution in [0.4, 0.5) is 5.82 Å². The topological polar surface area (TPSA) is 97.1 Å². The molecular formula is C24H27N5O2. The maximum atomic E-state index is 13.7. The van der Waals surface area contributed by atoms with Crippen LogP contribution < -0.4 is 5.73 Å². The number of anilines is 1. The summed E-state index contributed by atoms with van der Waals surface area (Å²) in [5.41, 5.74) is 12.4. The van der Waals surface area contributed by atoms with Crippen LogP contribution in [-0.4, -0.2) is 31.8 Å². The van der Waals surface area contributed by atoms with Gasteiger partial charge in [0.1, 0.15) is 11.5 Å². The number of H-pyrrole nitrogens is 1. The molecule has 160 valence electrons. The number of nitrogen functional groups attached to an aromatic ring is 1. The minimum atomic E-state index is -0.0930. The van der Waals surface area contributed by atoms with Gasteiger partial charge in [-0.25, -0.2) is 4.98 Å². The number of fused-ring (bicyclic) bond motifs is 3. The predicted octanol–water partition coefficient (Wildman–Crippen LogP) is 4.20.